The summed E-state index contributed by atoms with van der Waals surface area (Å²) in [5, 5.41) is 6.95. The first-order valence-corrected chi connectivity index (χ1v) is 14.5. The molecule has 4 aromatic rings. The molecular formula is C31H35N7OS. The van der Waals surface area contributed by atoms with Crippen LogP contribution in [0.5, 0.6) is 0 Å². The summed E-state index contributed by atoms with van der Waals surface area (Å²) in [6.45, 7) is 6.20. The third kappa shape index (κ3) is 6.37. The molecular weight excluding hydrogens is 518 g/mol. The summed E-state index contributed by atoms with van der Waals surface area (Å²) in [5.41, 5.74) is 2.32. The molecule has 206 valence electrons. The minimum atomic E-state index is 0.466. The SMILES string of the molecule is S=C(NCc1ccc(-c2ccccc2)o1)Nc1nc(N2CCCCC2)cc(N2CCN(c3ccccc3)CC2)n1. The van der Waals surface area contributed by atoms with Gasteiger partial charge in [0.2, 0.25) is 5.95 Å². The average molecular weight is 554 g/mol. The Hall–Kier alpha value is -4.11. The molecule has 6 rings (SSSR count). The summed E-state index contributed by atoms with van der Waals surface area (Å²) in [5.74, 6) is 4.06. The molecule has 4 heterocycles. The highest BCUT2D eigenvalue weighted by atomic mass is 32.1. The monoisotopic (exact) mass is 553 g/mol. The molecule has 0 unspecified atom stereocenters. The lowest BCUT2D eigenvalue weighted by Gasteiger charge is -2.37. The van der Waals surface area contributed by atoms with Gasteiger partial charge in [0.25, 0.3) is 0 Å². The number of piperazine rings is 1. The number of nitrogens with one attached hydrogen (secondary N) is 2. The second-order valence-electron chi connectivity index (χ2n) is 10.2. The van der Waals surface area contributed by atoms with Gasteiger partial charge >= 0.3 is 0 Å². The van der Waals surface area contributed by atoms with Crippen LogP contribution in [0.4, 0.5) is 23.3 Å². The number of aromatic nitrogens is 2. The summed E-state index contributed by atoms with van der Waals surface area (Å²) in [6.07, 6.45) is 3.64. The van der Waals surface area contributed by atoms with E-state index in [1.54, 1.807) is 0 Å². The minimum Gasteiger partial charge on any atom is -0.459 e. The molecule has 9 heteroatoms. The first kappa shape index (κ1) is 26.1. The van der Waals surface area contributed by atoms with Crippen molar-refractivity contribution in [3.05, 3.63) is 84.6 Å². The van der Waals surface area contributed by atoms with Crippen molar-refractivity contribution in [3.63, 3.8) is 0 Å². The van der Waals surface area contributed by atoms with Gasteiger partial charge in [0.05, 0.1) is 6.54 Å². The predicted molar refractivity (Wildman–Crippen MR) is 166 cm³/mol. The number of hydrogen-bond acceptors (Lipinski definition) is 7. The average Bonchev–Trinajstić information content (AvgIpc) is 3.51. The lowest BCUT2D eigenvalue weighted by atomic mass is 10.1. The number of anilines is 4. The number of benzene rings is 2. The van der Waals surface area contributed by atoms with Crippen molar-refractivity contribution >= 4 is 40.6 Å². The maximum Gasteiger partial charge on any atom is 0.232 e. The number of furan rings is 1. The fraction of sp³-hybridized carbons (Fsp3) is 0.323. The van der Waals surface area contributed by atoms with E-state index < -0.39 is 0 Å². The van der Waals surface area contributed by atoms with Crippen LogP contribution in [-0.4, -0.2) is 54.3 Å². The first-order chi connectivity index (χ1) is 19.7. The van der Waals surface area contributed by atoms with E-state index in [1.807, 2.05) is 42.5 Å². The van der Waals surface area contributed by atoms with Crippen LogP contribution in [0.2, 0.25) is 0 Å². The highest BCUT2D eigenvalue weighted by Crippen LogP contribution is 2.26. The first-order valence-electron chi connectivity index (χ1n) is 14.1. The van der Waals surface area contributed by atoms with Crippen LogP contribution < -0.4 is 25.3 Å². The summed E-state index contributed by atoms with van der Waals surface area (Å²) in [6, 6.07) is 26.8. The van der Waals surface area contributed by atoms with Gasteiger partial charge < -0.3 is 29.8 Å². The molecule has 0 radical (unpaired) electrons. The summed E-state index contributed by atoms with van der Waals surface area (Å²) in [7, 11) is 0. The lowest BCUT2D eigenvalue weighted by Crippen LogP contribution is -2.47. The Balaban J connectivity index is 1.13. The molecule has 8 nitrogen and oxygen atoms in total. The fourth-order valence-corrected chi connectivity index (χ4v) is 5.46. The topological polar surface area (TPSA) is 72.7 Å². The van der Waals surface area contributed by atoms with E-state index in [1.165, 1.54) is 24.9 Å². The summed E-state index contributed by atoms with van der Waals surface area (Å²) < 4.78 is 6.01. The van der Waals surface area contributed by atoms with E-state index in [2.05, 4.69) is 61.7 Å². The molecule has 0 aliphatic carbocycles. The maximum absolute atomic E-state index is 6.01. The van der Waals surface area contributed by atoms with E-state index in [0.29, 0.717) is 17.6 Å². The fourth-order valence-electron chi connectivity index (χ4n) is 5.30. The molecule has 0 spiro atoms. The molecule has 2 fully saturated rings. The van der Waals surface area contributed by atoms with Gasteiger partial charge in [-0.2, -0.15) is 9.97 Å². The molecule has 2 aliphatic rings. The van der Waals surface area contributed by atoms with Crippen LogP contribution in [0.15, 0.2) is 83.3 Å². The zero-order chi connectivity index (χ0) is 27.1. The van der Waals surface area contributed by atoms with Crippen molar-refractivity contribution in [1.82, 2.24) is 15.3 Å². The summed E-state index contributed by atoms with van der Waals surface area (Å²) in [4.78, 5) is 16.9. The Morgan fingerprint density at radius 3 is 2.05 bits per heavy atom. The molecule has 0 amide bonds. The molecule has 2 aromatic heterocycles. The number of rotatable bonds is 7. The van der Waals surface area contributed by atoms with E-state index in [0.717, 1.165) is 68.0 Å². The van der Waals surface area contributed by atoms with Crippen LogP contribution in [-0.2, 0) is 6.54 Å². The number of thiocarbonyl (C=S) groups is 1. The third-order valence-electron chi connectivity index (χ3n) is 7.47. The van der Waals surface area contributed by atoms with Gasteiger partial charge in [0.15, 0.2) is 5.11 Å². The predicted octanol–water partition coefficient (Wildman–Crippen LogP) is 5.54. The van der Waals surface area contributed by atoms with Crippen LogP contribution in [0, 0.1) is 0 Å². The molecule has 0 bridgehead atoms. The zero-order valence-corrected chi connectivity index (χ0v) is 23.4. The van der Waals surface area contributed by atoms with Crippen LogP contribution >= 0.6 is 12.2 Å². The highest BCUT2D eigenvalue weighted by Gasteiger charge is 2.22. The van der Waals surface area contributed by atoms with Gasteiger partial charge in [-0.1, -0.05) is 48.5 Å². The van der Waals surface area contributed by atoms with E-state index >= 15 is 0 Å². The van der Waals surface area contributed by atoms with Crippen LogP contribution in [0.25, 0.3) is 11.3 Å². The second kappa shape index (κ2) is 12.4. The second-order valence-corrected chi connectivity index (χ2v) is 10.6. The van der Waals surface area contributed by atoms with Crippen LogP contribution in [0.3, 0.4) is 0 Å². The number of nitrogens with zero attached hydrogens (tertiary/aromatic N) is 5. The standard InChI is InChI=1S/C31H35N7OS/c40-31(32-23-26-14-15-27(39-26)24-10-4-1-5-11-24)35-30-33-28(37-16-8-3-9-17-37)22-29(34-30)38-20-18-36(19-21-38)25-12-6-2-7-13-25/h1-2,4-7,10-15,22H,3,8-9,16-21,23H2,(H2,32,33,34,35,40). The van der Waals surface area contributed by atoms with Crippen molar-refractivity contribution < 1.29 is 4.42 Å². The maximum atomic E-state index is 6.01. The van der Waals surface area contributed by atoms with Gasteiger partial charge in [-0.15, -0.1) is 0 Å². The van der Waals surface area contributed by atoms with Gasteiger partial charge in [-0.25, -0.2) is 0 Å². The third-order valence-corrected chi connectivity index (χ3v) is 7.72. The van der Waals surface area contributed by atoms with Crippen LogP contribution in [0.1, 0.15) is 25.0 Å². The Kier molecular flexibility index (Phi) is 8.09. The largest absolute Gasteiger partial charge is 0.459 e. The van der Waals surface area contributed by atoms with Crippen molar-refractivity contribution in [2.24, 2.45) is 0 Å². The number of para-hydroxylation sites is 1. The molecule has 2 aromatic carbocycles. The van der Waals surface area contributed by atoms with Crippen molar-refractivity contribution in [1.29, 1.82) is 0 Å². The minimum absolute atomic E-state index is 0.466. The molecule has 0 saturated carbocycles. The zero-order valence-electron chi connectivity index (χ0n) is 22.6. The normalized spacial score (nSPS) is 15.7. The van der Waals surface area contributed by atoms with Gasteiger partial charge in [0.1, 0.15) is 23.2 Å². The smallest absolute Gasteiger partial charge is 0.232 e. The highest BCUT2D eigenvalue weighted by molar-refractivity contribution is 7.80. The molecule has 2 aliphatic heterocycles. The number of piperidine rings is 1. The van der Waals surface area contributed by atoms with E-state index in [9.17, 15) is 0 Å². The summed E-state index contributed by atoms with van der Waals surface area (Å²) >= 11 is 5.63. The number of hydrogen-bond donors (Lipinski definition) is 2. The Morgan fingerprint density at radius 1 is 0.725 bits per heavy atom. The van der Waals surface area contributed by atoms with Gasteiger partial charge in [-0.3, -0.25) is 0 Å². The van der Waals surface area contributed by atoms with Crippen molar-refractivity contribution in [2.45, 2.75) is 25.8 Å². The quantitative estimate of drug-likeness (QED) is 0.287. The molecule has 2 N–H and O–H groups in total. The van der Waals surface area contributed by atoms with Gasteiger partial charge in [-0.05, 0) is 55.7 Å². The molecule has 40 heavy (non-hydrogen) atoms. The Labute approximate surface area is 241 Å². The van der Waals surface area contributed by atoms with E-state index in [-0.39, 0.29) is 0 Å². The molecule has 0 atom stereocenters. The molecule has 2 saturated heterocycles. The van der Waals surface area contributed by atoms with E-state index in [4.69, 9.17) is 26.6 Å². The Morgan fingerprint density at radius 2 is 1.35 bits per heavy atom. The van der Waals surface area contributed by atoms with Gasteiger partial charge in [0, 0.05) is 56.6 Å². The lowest BCUT2D eigenvalue weighted by molar-refractivity contribution is 0.516. The van der Waals surface area contributed by atoms with Crippen molar-refractivity contribution in [2.75, 3.05) is 59.3 Å². The van der Waals surface area contributed by atoms with Crippen molar-refractivity contribution in [3.8, 4) is 11.3 Å². The Bertz CT molecular complexity index is 1400.